The number of nitrogens with zero attached hydrogens (tertiary/aromatic N) is 3. The van der Waals surface area contributed by atoms with Gasteiger partial charge in [0.1, 0.15) is 12.0 Å². The van der Waals surface area contributed by atoms with Crippen LogP contribution in [0.15, 0.2) is 48.8 Å². The Morgan fingerprint density at radius 3 is 2.92 bits per heavy atom. The number of rotatable bonds is 3. The molecule has 2 atom stereocenters. The first-order chi connectivity index (χ1) is 12.5. The lowest BCUT2D eigenvalue weighted by Gasteiger charge is -2.27. The van der Waals surface area contributed by atoms with Crippen LogP contribution in [0, 0.1) is 5.82 Å². The molecule has 8 heteroatoms. The first-order valence-corrected chi connectivity index (χ1v) is 8.21. The van der Waals surface area contributed by atoms with E-state index in [0.717, 1.165) is 11.3 Å². The van der Waals surface area contributed by atoms with E-state index >= 15 is 0 Å². The van der Waals surface area contributed by atoms with Crippen molar-refractivity contribution in [2.24, 2.45) is 5.73 Å². The minimum atomic E-state index is -1.01. The van der Waals surface area contributed by atoms with Crippen LogP contribution in [0.25, 0.3) is 5.52 Å². The molecule has 1 aliphatic rings. The Hall–Kier alpha value is -3.16. The number of halogens is 2. The number of amides is 2. The Morgan fingerprint density at radius 2 is 2.15 bits per heavy atom. The van der Waals surface area contributed by atoms with Crippen molar-refractivity contribution in [3.8, 4) is 0 Å². The van der Waals surface area contributed by atoms with E-state index < -0.39 is 12.2 Å². The van der Waals surface area contributed by atoms with Crippen molar-refractivity contribution in [1.82, 2.24) is 9.61 Å². The van der Waals surface area contributed by atoms with E-state index in [1.807, 2.05) is 17.0 Å². The molecule has 0 spiro atoms. The second-order valence-corrected chi connectivity index (χ2v) is 6.32. The van der Waals surface area contributed by atoms with Crippen LogP contribution in [0.5, 0.6) is 0 Å². The molecule has 0 bridgehead atoms. The number of hydrogen-bond donors (Lipinski definition) is 2. The van der Waals surface area contributed by atoms with Gasteiger partial charge in [-0.1, -0.05) is 12.1 Å². The Balaban J connectivity index is 1.73. The molecule has 0 radical (unpaired) electrons. The van der Waals surface area contributed by atoms with Gasteiger partial charge in [-0.3, -0.25) is 0 Å². The van der Waals surface area contributed by atoms with Gasteiger partial charge in [-0.25, -0.2) is 18.1 Å². The minimum Gasteiger partial charge on any atom is -0.361 e. The van der Waals surface area contributed by atoms with Gasteiger partial charge in [0.15, 0.2) is 0 Å². The molecule has 2 amide bonds. The topological polar surface area (TPSA) is 75.7 Å². The van der Waals surface area contributed by atoms with Crippen LogP contribution < -0.4 is 16.0 Å². The summed E-state index contributed by atoms with van der Waals surface area (Å²) in [6.07, 6.45) is 2.51. The number of nitrogens with two attached hydrogens (primary N) is 1. The lowest BCUT2D eigenvalue weighted by Crippen LogP contribution is -2.24. The van der Waals surface area contributed by atoms with Crippen molar-refractivity contribution in [3.05, 3.63) is 60.2 Å². The van der Waals surface area contributed by atoms with Crippen LogP contribution in [0.4, 0.5) is 25.0 Å². The standard InChI is InChI=1S/C18H17F2N5O/c19-12-3-1-2-11(6-12)16-7-13(20)10-24(16)14-4-5-25-17(8-14)15(9-22-25)23-18(21)26/h1-6,8-9,13,16H,7,10H2,(H3,21,23,26)/t13-,16?/m0/s1. The van der Waals surface area contributed by atoms with E-state index in [2.05, 4.69) is 10.4 Å². The number of anilines is 2. The maximum atomic E-state index is 14.2. The highest BCUT2D eigenvalue weighted by molar-refractivity contribution is 5.93. The van der Waals surface area contributed by atoms with E-state index in [1.165, 1.54) is 18.3 Å². The molecule has 0 aliphatic carbocycles. The first-order valence-electron chi connectivity index (χ1n) is 8.21. The summed E-state index contributed by atoms with van der Waals surface area (Å²) >= 11 is 0. The summed E-state index contributed by atoms with van der Waals surface area (Å²) in [5, 5.41) is 6.67. The second-order valence-electron chi connectivity index (χ2n) is 6.32. The molecule has 2 aromatic heterocycles. The van der Waals surface area contributed by atoms with Crippen LogP contribution in [-0.2, 0) is 0 Å². The molecule has 1 aromatic carbocycles. The molecule has 1 aliphatic heterocycles. The lowest BCUT2D eigenvalue weighted by atomic mass is 10.0. The Bertz CT molecular complexity index is 973. The number of pyridine rings is 1. The number of nitrogens with one attached hydrogen (secondary N) is 1. The van der Waals surface area contributed by atoms with Gasteiger partial charge in [0.05, 0.1) is 23.4 Å². The summed E-state index contributed by atoms with van der Waals surface area (Å²) in [7, 11) is 0. The smallest absolute Gasteiger partial charge is 0.316 e. The fraction of sp³-hybridized carbons (Fsp3) is 0.222. The van der Waals surface area contributed by atoms with E-state index in [-0.39, 0.29) is 18.4 Å². The average molecular weight is 357 g/mol. The van der Waals surface area contributed by atoms with Gasteiger partial charge >= 0.3 is 6.03 Å². The summed E-state index contributed by atoms with van der Waals surface area (Å²) in [4.78, 5) is 13.0. The van der Waals surface area contributed by atoms with Gasteiger partial charge in [0.25, 0.3) is 0 Å². The number of carbonyl (C=O) groups excluding carboxylic acids is 1. The van der Waals surface area contributed by atoms with Crippen LogP contribution in [0.2, 0.25) is 0 Å². The van der Waals surface area contributed by atoms with E-state index in [0.29, 0.717) is 17.6 Å². The van der Waals surface area contributed by atoms with Crippen molar-refractivity contribution < 1.29 is 13.6 Å². The fourth-order valence-corrected chi connectivity index (χ4v) is 3.48. The van der Waals surface area contributed by atoms with Gasteiger partial charge in [-0.2, -0.15) is 5.10 Å². The zero-order chi connectivity index (χ0) is 18.3. The van der Waals surface area contributed by atoms with Gasteiger partial charge in [0, 0.05) is 24.8 Å². The molecule has 3 heterocycles. The van der Waals surface area contributed by atoms with Crippen LogP contribution >= 0.6 is 0 Å². The van der Waals surface area contributed by atoms with E-state index in [4.69, 9.17) is 5.73 Å². The number of fused-ring (bicyclic) bond motifs is 1. The normalized spacial score (nSPS) is 19.8. The summed E-state index contributed by atoms with van der Waals surface area (Å²) in [5.74, 6) is -0.344. The van der Waals surface area contributed by atoms with Crippen molar-refractivity contribution in [3.63, 3.8) is 0 Å². The van der Waals surface area contributed by atoms with Crippen molar-refractivity contribution >= 4 is 22.9 Å². The molecule has 6 nitrogen and oxygen atoms in total. The molecule has 26 heavy (non-hydrogen) atoms. The highest BCUT2D eigenvalue weighted by atomic mass is 19.1. The quantitative estimate of drug-likeness (QED) is 0.755. The number of alkyl halides is 1. The summed E-state index contributed by atoms with van der Waals surface area (Å²) < 4.78 is 29.4. The molecule has 134 valence electrons. The molecular weight excluding hydrogens is 340 g/mol. The summed E-state index contributed by atoms with van der Waals surface area (Å²) in [6, 6.07) is 8.91. The molecular formula is C18H17F2N5O. The van der Waals surface area contributed by atoms with Crippen molar-refractivity contribution in [1.29, 1.82) is 0 Å². The molecule has 3 N–H and O–H groups in total. The highest BCUT2D eigenvalue weighted by Crippen LogP contribution is 2.38. The number of primary amides is 1. The summed E-state index contributed by atoms with van der Waals surface area (Å²) in [5.41, 5.74) is 7.79. The van der Waals surface area contributed by atoms with Gasteiger partial charge in [-0.15, -0.1) is 0 Å². The molecule has 1 fully saturated rings. The number of benzene rings is 1. The predicted molar refractivity (Wildman–Crippen MR) is 94.4 cm³/mol. The van der Waals surface area contributed by atoms with Gasteiger partial charge in [-0.05, 0) is 29.8 Å². The Kier molecular flexibility index (Phi) is 3.95. The summed E-state index contributed by atoms with van der Waals surface area (Å²) in [6.45, 7) is 0.212. The van der Waals surface area contributed by atoms with E-state index in [1.54, 1.807) is 22.8 Å². The largest absolute Gasteiger partial charge is 0.361 e. The third-order valence-corrected chi connectivity index (χ3v) is 4.58. The van der Waals surface area contributed by atoms with E-state index in [9.17, 15) is 13.6 Å². The second kappa shape index (κ2) is 6.29. The van der Waals surface area contributed by atoms with Crippen LogP contribution in [0.3, 0.4) is 0 Å². The number of urea groups is 1. The van der Waals surface area contributed by atoms with Gasteiger partial charge < -0.3 is 16.0 Å². The predicted octanol–water partition coefficient (Wildman–Crippen LogP) is 3.25. The van der Waals surface area contributed by atoms with Gasteiger partial charge in [0.2, 0.25) is 0 Å². The molecule has 0 saturated carbocycles. The third kappa shape index (κ3) is 2.94. The number of carbonyl (C=O) groups is 1. The Morgan fingerprint density at radius 1 is 1.31 bits per heavy atom. The fourth-order valence-electron chi connectivity index (χ4n) is 3.48. The van der Waals surface area contributed by atoms with Crippen LogP contribution in [0.1, 0.15) is 18.0 Å². The number of aromatic nitrogens is 2. The first kappa shape index (κ1) is 16.3. The zero-order valence-corrected chi connectivity index (χ0v) is 13.8. The zero-order valence-electron chi connectivity index (χ0n) is 13.8. The number of hydrogen-bond acceptors (Lipinski definition) is 3. The molecule has 4 rings (SSSR count). The van der Waals surface area contributed by atoms with Crippen molar-refractivity contribution in [2.75, 3.05) is 16.8 Å². The minimum absolute atomic E-state index is 0.212. The molecule has 1 unspecified atom stereocenters. The monoisotopic (exact) mass is 357 g/mol. The molecule has 1 saturated heterocycles. The highest BCUT2D eigenvalue weighted by Gasteiger charge is 2.33. The maximum absolute atomic E-state index is 14.2. The lowest BCUT2D eigenvalue weighted by molar-refractivity contribution is 0.259. The average Bonchev–Trinajstić information content (AvgIpc) is 3.18. The third-order valence-electron chi connectivity index (χ3n) is 4.58. The maximum Gasteiger partial charge on any atom is 0.316 e. The van der Waals surface area contributed by atoms with Crippen molar-refractivity contribution in [2.45, 2.75) is 18.6 Å². The SMILES string of the molecule is NC(=O)Nc1cnn2ccc(N3C[C@@H](F)CC3c3cccc(F)c3)cc12. The Labute approximate surface area is 148 Å². The van der Waals surface area contributed by atoms with Crippen LogP contribution in [-0.4, -0.2) is 28.4 Å². The molecule has 3 aromatic rings.